The predicted octanol–water partition coefficient (Wildman–Crippen LogP) is 4.23. The van der Waals surface area contributed by atoms with E-state index in [1.54, 1.807) is 23.8 Å². The summed E-state index contributed by atoms with van der Waals surface area (Å²) in [4.78, 5) is 28.5. The molecule has 41 heavy (non-hydrogen) atoms. The first-order valence-corrected chi connectivity index (χ1v) is 14.6. The summed E-state index contributed by atoms with van der Waals surface area (Å²) in [6.07, 6.45) is 0.682. The second kappa shape index (κ2) is 12.0. The number of aromatic nitrogens is 2. The van der Waals surface area contributed by atoms with Gasteiger partial charge in [-0.2, -0.15) is 5.10 Å². The monoisotopic (exact) mass is 580 g/mol. The maximum atomic E-state index is 13.8. The van der Waals surface area contributed by atoms with E-state index in [9.17, 15) is 9.59 Å². The van der Waals surface area contributed by atoms with E-state index in [1.807, 2.05) is 42.5 Å². The van der Waals surface area contributed by atoms with Crippen LogP contribution in [0.4, 0.5) is 5.82 Å². The van der Waals surface area contributed by atoms with Gasteiger partial charge >= 0.3 is 0 Å². The Morgan fingerprint density at radius 2 is 1.88 bits per heavy atom. The van der Waals surface area contributed by atoms with Gasteiger partial charge in [-0.1, -0.05) is 26.8 Å². The molecule has 2 aromatic carbocycles. The van der Waals surface area contributed by atoms with Crippen LogP contribution in [0, 0.1) is 0 Å². The van der Waals surface area contributed by atoms with Crippen LogP contribution in [-0.4, -0.2) is 68.1 Å². The number of methoxy groups -OCH3 is 2. The first-order chi connectivity index (χ1) is 19.7. The van der Waals surface area contributed by atoms with Crippen LogP contribution in [0.5, 0.6) is 17.2 Å². The van der Waals surface area contributed by atoms with Crippen molar-refractivity contribution < 1.29 is 28.5 Å². The number of nitrogens with one attached hydrogen (secondary N) is 1. The average molecular weight is 581 g/mol. The number of benzene rings is 2. The lowest BCUT2D eigenvalue weighted by Gasteiger charge is -2.24. The third kappa shape index (κ3) is 6.01. The normalized spacial score (nSPS) is 16.4. The summed E-state index contributed by atoms with van der Waals surface area (Å²) in [5.41, 5.74) is 3.11. The van der Waals surface area contributed by atoms with Crippen LogP contribution in [-0.2, 0) is 19.7 Å². The van der Waals surface area contributed by atoms with Gasteiger partial charge in [0.05, 0.1) is 29.5 Å². The summed E-state index contributed by atoms with van der Waals surface area (Å²) in [6.45, 7) is 7.37. The number of hydrogen-bond donors (Lipinski definition) is 1. The second-order valence-electron chi connectivity index (χ2n) is 10.9. The van der Waals surface area contributed by atoms with E-state index in [4.69, 9.17) is 24.0 Å². The molecule has 1 aromatic heterocycles. The van der Waals surface area contributed by atoms with Crippen molar-refractivity contribution in [2.24, 2.45) is 0 Å². The van der Waals surface area contributed by atoms with Crippen molar-refractivity contribution in [1.29, 1.82) is 0 Å². The zero-order chi connectivity index (χ0) is 29.1. The van der Waals surface area contributed by atoms with Gasteiger partial charge in [0.2, 0.25) is 18.6 Å². The van der Waals surface area contributed by atoms with E-state index in [-0.39, 0.29) is 41.6 Å². The van der Waals surface area contributed by atoms with Crippen molar-refractivity contribution in [2.45, 2.75) is 37.9 Å². The summed E-state index contributed by atoms with van der Waals surface area (Å²) in [7, 11) is 3.24. The van der Waals surface area contributed by atoms with Gasteiger partial charge in [0.25, 0.3) is 0 Å². The highest BCUT2D eigenvalue weighted by Gasteiger charge is 2.40. The number of ether oxygens (including phenoxy) is 4. The number of nitrogens with zero attached hydrogens (tertiary/aromatic N) is 3. The molecular weight excluding hydrogens is 544 g/mol. The van der Waals surface area contributed by atoms with E-state index in [2.05, 4.69) is 26.1 Å². The molecule has 1 atom stereocenters. The minimum absolute atomic E-state index is 0.126. The van der Waals surface area contributed by atoms with E-state index >= 15 is 0 Å². The lowest BCUT2D eigenvalue weighted by Crippen LogP contribution is -2.42. The first-order valence-electron chi connectivity index (χ1n) is 13.6. The van der Waals surface area contributed by atoms with Crippen molar-refractivity contribution in [2.75, 3.05) is 51.4 Å². The zero-order valence-corrected chi connectivity index (χ0v) is 24.9. The summed E-state index contributed by atoms with van der Waals surface area (Å²) in [5.74, 6) is 2.45. The summed E-state index contributed by atoms with van der Waals surface area (Å²) < 4.78 is 23.5. The Morgan fingerprint density at radius 1 is 1.12 bits per heavy atom. The lowest BCUT2D eigenvalue weighted by atomic mass is 9.87. The van der Waals surface area contributed by atoms with Gasteiger partial charge in [0.15, 0.2) is 11.5 Å². The predicted molar refractivity (Wildman–Crippen MR) is 158 cm³/mol. The minimum Gasteiger partial charge on any atom is -0.497 e. The van der Waals surface area contributed by atoms with Crippen molar-refractivity contribution >= 4 is 29.4 Å². The molecule has 0 saturated carbocycles. The highest BCUT2D eigenvalue weighted by molar-refractivity contribution is 8.00. The number of carbonyl (C=O) groups excluding carboxylic acids is 2. The Morgan fingerprint density at radius 3 is 2.59 bits per heavy atom. The Balaban J connectivity index is 1.66. The second-order valence-corrected chi connectivity index (χ2v) is 12.0. The molecule has 2 aliphatic heterocycles. The number of rotatable bonds is 9. The molecule has 11 heteroatoms. The topological polar surface area (TPSA) is 104 Å². The summed E-state index contributed by atoms with van der Waals surface area (Å²) in [5, 5.41) is 7.81. The van der Waals surface area contributed by atoms with Crippen LogP contribution in [0.25, 0.3) is 5.69 Å². The Hall–Kier alpha value is -3.70. The largest absolute Gasteiger partial charge is 0.497 e. The molecular formula is C30H36N4O6S. The summed E-state index contributed by atoms with van der Waals surface area (Å²) >= 11 is 1.52. The molecule has 5 rings (SSSR count). The third-order valence-electron chi connectivity index (χ3n) is 6.96. The molecule has 1 N–H and O–H groups in total. The third-order valence-corrected chi connectivity index (χ3v) is 8.22. The van der Waals surface area contributed by atoms with E-state index < -0.39 is 0 Å². The molecule has 10 nitrogen and oxygen atoms in total. The van der Waals surface area contributed by atoms with Crippen LogP contribution in [0.15, 0.2) is 42.5 Å². The number of thioether (sulfide) groups is 1. The van der Waals surface area contributed by atoms with Crippen molar-refractivity contribution in [3.8, 4) is 22.9 Å². The number of fused-ring (bicyclic) bond motifs is 2. The number of amides is 2. The first kappa shape index (κ1) is 28.8. The fourth-order valence-electron chi connectivity index (χ4n) is 4.96. The van der Waals surface area contributed by atoms with Crippen LogP contribution in [0.3, 0.4) is 0 Å². The molecule has 1 unspecified atom stereocenters. The molecule has 218 valence electrons. The van der Waals surface area contributed by atoms with Gasteiger partial charge in [-0.25, -0.2) is 4.68 Å². The molecule has 2 aliphatic rings. The molecule has 0 fully saturated rings. The minimum atomic E-state index is -0.363. The molecule has 3 aromatic rings. The maximum absolute atomic E-state index is 13.8. The van der Waals surface area contributed by atoms with Gasteiger partial charge in [-0.3, -0.25) is 14.5 Å². The Kier molecular flexibility index (Phi) is 8.46. The Bertz CT molecular complexity index is 1420. The standard InChI is InChI=1S/C30H36N4O6S/c1-30(2,3)28-26-27(19-7-12-22-23(15-19)40-18-39-22)41-17-25(36)33(16-24(35)31-13-6-14-37-4)29(26)34(32-28)20-8-10-21(38-5)11-9-20/h7-12,15,27H,6,13-14,16-18H2,1-5H3,(H,31,35). The molecule has 0 radical (unpaired) electrons. The van der Waals surface area contributed by atoms with Crippen LogP contribution >= 0.6 is 11.8 Å². The SMILES string of the molecule is COCCCNC(=O)CN1C(=O)CSC(c2ccc3c(c2)OCO3)c2c(C(C)(C)C)nn(-c3ccc(OC)cc3)c21. The summed E-state index contributed by atoms with van der Waals surface area (Å²) in [6, 6.07) is 13.4. The van der Waals surface area contributed by atoms with Gasteiger partial charge in [-0.15, -0.1) is 11.8 Å². The van der Waals surface area contributed by atoms with E-state index in [0.717, 1.165) is 22.5 Å². The van der Waals surface area contributed by atoms with E-state index in [1.165, 1.54) is 11.8 Å². The molecule has 0 saturated heterocycles. The molecule has 0 aliphatic carbocycles. The van der Waals surface area contributed by atoms with Gasteiger partial charge in [0.1, 0.15) is 18.1 Å². The molecule has 0 bridgehead atoms. The van der Waals surface area contributed by atoms with Crippen molar-refractivity contribution in [1.82, 2.24) is 15.1 Å². The van der Waals surface area contributed by atoms with Crippen LogP contribution < -0.4 is 24.4 Å². The molecule has 0 spiro atoms. The van der Waals surface area contributed by atoms with Crippen molar-refractivity contribution in [3.63, 3.8) is 0 Å². The Labute approximate surface area is 244 Å². The average Bonchev–Trinajstić information content (AvgIpc) is 3.56. The molecule has 3 heterocycles. The van der Waals surface area contributed by atoms with Crippen LogP contribution in [0.1, 0.15) is 49.3 Å². The van der Waals surface area contributed by atoms with Crippen LogP contribution in [0.2, 0.25) is 0 Å². The maximum Gasteiger partial charge on any atom is 0.240 e. The number of hydrogen-bond acceptors (Lipinski definition) is 8. The zero-order valence-electron chi connectivity index (χ0n) is 24.1. The van der Waals surface area contributed by atoms with Gasteiger partial charge in [-0.05, 0) is 48.4 Å². The molecule has 2 amide bonds. The fourth-order valence-corrected chi connectivity index (χ4v) is 6.15. The quantitative estimate of drug-likeness (QED) is 0.375. The van der Waals surface area contributed by atoms with Gasteiger partial charge < -0.3 is 24.3 Å². The van der Waals surface area contributed by atoms with E-state index in [0.29, 0.717) is 42.6 Å². The number of anilines is 1. The van der Waals surface area contributed by atoms with Gasteiger partial charge in [0, 0.05) is 31.2 Å². The highest BCUT2D eigenvalue weighted by Crippen LogP contribution is 2.49. The number of carbonyl (C=O) groups is 2. The lowest BCUT2D eigenvalue weighted by molar-refractivity contribution is -0.122. The smallest absolute Gasteiger partial charge is 0.240 e. The highest BCUT2D eigenvalue weighted by atomic mass is 32.2. The fraction of sp³-hybridized carbons (Fsp3) is 0.433. The van der Waals surface area contributed by atoms with Crippen molar-refractivity contribution in [3.05, 3.63) is 59.3 Å².